The van der Waals surface area contributed by atoms with E-state index in [4.69, 9.17) is 0 Å². The number of nitrogens with zero attached hydrogens (tertiary/aromatic N) is 2. The van der Waals surface area contributed by atoms with Gasteiger partial charge in [0.05, 0.1) is 12.1 Å². The number of nitrogens with one attached hydrogen (secondary N) is 1. The topological polar surface area (TPSA) is 37.8 Å². The van der Waals surface area contributed by atoms with Gasteiger partial charge in [-0.15, -0.1) is 22.7 Å². The van der Waals surface area contributed by atoms with E-state index < -0.39 is 0 Å². The van der Waals surface area contributed by atoms with Gasteiger partial charge in [-0.3, -0.25) is 4.98 Å². The standard InChI is InChI=1S/C8H9N3S2/c1-6-2-10-8(13-6)11-4-7-3-9-5-12-7/h2-3,5H,4H2,1H3,(H,10,11). The predicted molar refractivity (Wildman–Crippen MR) is 56.3 cm³/mol. The third-order valence-electron chi connectivity index (χ3n) is 1.52. The summed E-state index contributed by atoms with van der Waals surface area (Å²) in [5.41, 5.74) is 1.84. The smallest absolute Gasteiger partial charge is 0.183 e. The van der Waals surface area contributed by atoms with E-state index >= 15 is 0 Å². The Bertz CT molecular complexity index is 366. The molecule has 2 aromatic rings. The van der Waals surface area contributed by atoms with Crippen LogP contribution in [0.2, 0.25) is 0 Å². The average molecular weight is 211 g/mol. The molecule has 0 saturated carbocycles. The van der Waals surface area contributed by atoms with Gasteiger partial charge in [-0.25, -0.2) is 4.98 Å². The predicted octanol–water partition coefficient (Wildman–Crippen LogP) is 2.52. The summed E-state index contributed by atoms with van der Waals surface area (Å²) in [4.78, 5) is 10.7. The van der Waals surface area contributed by atoms with Crippen LogP contribution in [0.1, 0.15) is 9.75 Å². The van der Waals surface area contributed by atoms with Crippen LogP contribution in [0.15, 0.2) is 17.9 Å². The first-order valence-corrected chi connectivity index (χ1v) is 5.58. The lowest BCUT2D eigenvalue weighted by molar-refractivity contribution is 1.16. The molecule has 2 rings (SSSR count). The first-order valence-electron chi connectivity index (χ1n) is 3.88. The molecule has 1 N–H and O–H groups in total. The lowest BCUT2D eigenvalue weighted by Crippen LogP contribution is -1.95. The van der Waals surface area contributed by atoms with Crippen LogP contribution in [-0.4, -0.2) is 9.97 Å². The van der Waals surface area contributed by atoms with Crippen molar-refractivity contribution in [2.45, 2.75) is 13.5 Å². The Hall–Kier alpha value is -0.940. The zero-order valence-electron chi connectivity index (χ0n) is 7.15. The number of aromatic nitrogens is 2. The van der Waals surface area contributed by atoms with Crippen molar-refractivity contribution in [1.29, 1.82) is 0 Å². The Morgan fingerprint density at radius 2 is 2.38 bits per heavy atom. The molecule has 13 heavy (non-hydrogen) atoms. The molecule has 0 fully saturated rings. The van der Waals surface area contributed by atoms with Crippen LogP contribution in [0, 0.1) is 6.92 Å². The summed E-state index contributed by atoms with van der Waals surface area (Å²) in [6.45, 7) is 2.87. The van der Waals surface area contributed by atoms with E-state index in [0.29, 0.717) is 0 Å². The van der Waals surface area contributed by atoms with E-state index in [-0.39, 0.29) is 0 Å². The monoisotopic (exact) mass is 211 g/mol. The molecule has 68 valence electrons. The molecule has 0 aliphatic carbocycles. The molecule has 0 radical (unpaired) electrons. The maximum Gasteiger partial charge on any atom is 0.183 e. The van der Waals surface area contributed by atoms with Gasteiger partial charge in [0.2, 0.25) is 0 Å². The van der Waals surface area contributed by atoms with Crippen LogP contribution in [0.4, 0.5) is 5.13 Å². The third-order valence-corrected chi connectivity index (χ3v) is 3.17. The molecular weight excluding hydrogens is 202 g/mol. The molecule has 0 aliphatic rings. The highest BCUT2D eigenvalue weighted by atomic mass is 32.1. The number of hydrogen-bond acceptors (Lipinski definition) is 5. The summed E-state index contributed by atoms with van der Waals surface area (Å²) in [5, 5.41) is 4.22. The zero-order chi connectivity index (χ0) is 9.10. The van der Waals surface area contributed by atoms with Crippen molar-refractivity contribution >= 4 is 27.8 Å². The summed E-state index contributed by atoms with van der Waals surface area (Å²) in [6.07, 6.45) is 3.75. The van der Waals surface area contributed by atoms with E-state index in [0.717, 1.165) is 11.7 Å². The SMILES string of the molecule is Cc1cnc(NCc2cncs2)s1. The molecule has 0 bridgehead atoms. The molecule has 0 atom stereocenters. The molecule has 2 heterocycles. The van der Waals surface area contributed by atoms with Gasteiger partial charge < -0.3 is 5.32 Å². The Balaban J connectivity index is 1.93. The summed E-state index contributed by atoms with van der Waals surface area (Å²) in [7, 11) is 0. The van der Waals surface area contributed by atoms with Gasteiger partial charge >= 0.3 is 0 Å². The van der Waals surface area contributed by atoms with Gasteiger partial charge in [0, 0.05) is 22.1 Å². The van der Waals surface area contributed by atoms with Gasteiger partial charge in [-0.1, -0.05) is 0 Å². The van der Waals surface area contributed by atoms with Gasteiger partial charge in [-0.05, 0) is 6.92 Å². The van der Waals surface area contributed by atoms with Gasteiger partial charge in [0.1, 0.15) is 0 Å². The van der Waals surface area contributed by atoms with Gasteiger partial charge in [-0.2, -0.15) is 0 Å². The second-order valence-electron chi connectivity index (χ2n) is 2.60. The fraction of sp³-hybridized carbons (Fsp3) is 0.250. The Morgan fingerprint density at radius 3 is 3.00 bits per heavy atom. The van der Waals surface area contributed by atoms with Crippen LogP contribution < -0.4 is 5.32 Å². The molecule has 0 saturated heterocycles. The summed E-state index contributed by atoms with van der Waals surface area (Å²) in [6, 6.07) is 0. The van der Waals surface area contributed by atoms with E-state index in [2.05, 4.69) is 22.2 Å². The molecular formula is C8H9N3S2. The van der Waals surface area contributed by atoms with Crippen LogP contribution in [-0.2, 0) is 6.54 Å². The summed E-state index contributed by atoms with van der Waals surface area (Å²) >= 11 is 3.32. The highest BCUT2D eigenvalue weighted by Crippen LogP contribution is 2.17. The van der Waals surface area contributed by atoms with Crippen LogP contribution >= 0.6 is 22.7 Å². The normalized spacial score (nSPS) is 10.2. The van der Waals surface area contributed by atoms with E-state index in [1.165, 1.54) is 9.75 Å². The maximum absolute atomic E-state index is 4.21. The number of aryl methyl sites for hydroxylation is 1. The first-order chi connectivity index (χ1) is 6.34. The minimum atomic E-state index is 0.817. The summed E-state index contributed by atoms with van der Waals surface area (Å²) in [5.74, 6) is 0. The highest BCUT2D eigenvalue weighted by molar-refractivity contribution is 7.15. The molecule has 0 aromatic carbocycles. The summed E-state index contributed by atoms with van der Waals surface area (Å²) < 4.78 is 0. The Kier molecular flexibility index (Phi) is 2.56. The zero-order valence-corrected chi connectivity index (χ0v) is 8.78. The van der Waals surface area contributed by atoms with Gasteiger partial charge in [0.25, 0.3) is 0 Å². The molecule has 3 nitrogen and oxygen atoms in total. The van der Waals surface area contributed by atoms with Crippen LogP contribution in [0.5, 0.6) is 0 Å². The second kappa shape index (κ2) is 3.85. The molecule has 0 spiro atoms. The quantitative estimate of drug-likeness (QED) is 0.847. The fourth-order valence-corrected chi connectivity index (χ4v) is 2.12. The molecule has 2 aromatic heterocycles. The van der Waals surface area contributed by atoms with Crippen molar-refractivity contribution in [2.24, 2.45) is 0 Å². The van der Waals surface area contributed by atoms with Crippen LogP contribution in [0.3, 0.4) is 0 Å². The minimum absolute atomic E-state index is 0.817. The van der Waals surface area contributed by atoms with E-state index in [9.17, 15) is 0 Å². The molecule has 0 amide bonds. The van der Waals surface area contributed by atoms with Crippen molar-refractivity contribution in [1.82, 2.24) is 9.97 Å². The van der Waals surface area contributed by atoms with E-state index in [1.807, 2.05) is 17.9 Å². The molecule has 0 unspecified atom stereocenters. The van der Waals surface area contributed by atoms with Crippen molar-refractivity contribution in [3.05, 3.63) is 27.7 Å². The number of hydrogen-bond donors (Lipinski definition) is 1. The third kappa shape index (κ3) is 2.26. The number of rotatable bonds is 3. The maximum atomic E-state index is 4.21. The van der Waals surface area contributed by atoms with Crippen molar-refractivity contribution in [2.75, 3.05) is 5.32 Å². The highest BCUT2D eigenvalue weighted by Gasteiger charge is 1.98. The molecule has 0 aliphatic heterocycles. The van der Waals surface area contributed by atoms with Crippen molar-refractivity contribution in [3.8, 4) is 0 Å². The van der Waals surface area contributed by atoms with Crippen molar-refractivity contribution < 1.29 is 0 Å². The second-order valence-corrected chi connectivity index (χ2v) is 4.80. The van der Waals surface area contributed by atoms with Crippen molar-refractivity contribution in [3.63, 3.8) is 0 Å². The average Bonchev–Trinajstić information content (AvgIpc) is 2.71. The number of anilines is 1. The fourth-order valence-electron chi connectivity index (χ4n) is 0.929. The van der Waals surface area contributed by atoms with Crippen LogP contribution in [0.25, 0.3) is 0 Å². The lowest BCUT2D eigenvalue weighted by Gasteiger charge is -1.97. The first kappa shape index (κ1) is 8.65. The lowest BCUT2D eigenvalue weighted by atomic mass is 10.5. The number of thiazole rings is 2. The van der Waals surface area contributed by atoms with E-state index in [1.54, 1.807) is 22.7 Å². The minimum Gasteiger partial charge on any atom is -0.357 e. The Morgan fingerprint density at radius 1 is 1.46 bits per heavy atom. The molecule has 5 heteroatoms. The van der Waals surface area contributed by atoms with Gasteiger partial charge in [0.15, 0.2) is 5.13 Å². The Labute approximate surface area is 84.5 Å². The largest absolute Gasteiger partial charge is 0.357 e.